The molecule has 4 aromatic carbocycles. The summed E-state index contributed by atoms with van der Waals surface area (Å²) in [7, 11) is 0. The van der Waals surface area contributed by atoms with E-state index in [1.807, 2.05) is 12.1 Å². The number of allylic oxidation sites excluding steroid dienone is 3. The molecule has 0 aromatic heterocycles. The second kappa shape index (κ2) is 10.2. The van der Waals surface area contributed by atoms with E-state index in [1.54, 1.807) is 0 Å². The first-order valence-electron chi connectivity index (χ1n) is 10.8. The quantitative estimate of drug-likeness (QED) is 0.0973. The summed E-state index contributed by atoms with van der Waals surface area (Å²) in [5.41, 5.74) is 9.27. The minimum Gasteiger partial charge on any atom is -0.0794 e. The van der Waals surface area contributed by atoms with Crippen LogP contribution >= 0.6 is 12.2 Å². The number of thiocarbonyl (C=S) groups is 1. The summed E-state index contributed by atoms with van der Waals surface area (Å²) in [6.45, 7) is 4.21. The lowest BCUT2D eigenvalue weighted by Gasteiger charge is -2.15. The zero-order chi connectivity index (χ0) is 22.3. The molecule has 0 heterocycles. The Hall–Kier alpha value is -3.55. The van der Waals surface area contributed by atoms with E-state index in [4.69, 9.17) is 12.2 Å². The van der Waals surface area contributed by atoms with Gasteiger partial charge in [-0.2, -0.15) is 0 Å². The summed E-state index contributed by atoms with van der Waals surface area (Å²) >= 11 is 5.89. The maximum Gasteiger partial charge on any atom is 0.0455 e. The molecule has 0 nitrogen and oxygen atoms in total. The lowest BCUT2D eigenvalue weighted by atomic mass is 9.89. The molecule has 0 unspecified atom stereocenters. The van der Waals surface area contributed by atoms with Gasteiger partial charge < -0.3 is 0 Å². The number of aryl methyl sites for hydroxylation is 2. The van der Waals surface area contributed by atoms with E-state index >= 15 is 0 Å². The van der Waals surface area contributed by atoms with Crippen molar-refractivity contribution in [3.8, 4) is 0 Å². The highest BCUT2D eigenvalue weighted by molar-refractivity contribution is 7.81. The smallest absolute Gasteiger partial charge is 0.0455 e. The van der Waals surface area contributed by atoms with Crippen molar-refractivity contribution < 1.29 is 0 Å². The Morgan fingerprint density at radius 1 is 0.531 bits per heavy atom. The molecule has 0 radical (unpaired) electrons. The van der Waals surface area contributed by atoms with E-state index in [-0.39, 0.29) is 0 Å². The first kappa shape index (κ1) is 21.7. The van der Waals surface area contributed by atoms with Crippen LogP contribution in [-0.4, -0.2) is 4.86 Å². The third kappa shape index (κ3) is 5.38. The van der Waals surface area contributed by atoms with Gasteiger partial charge in [-0.25, -0.2) is 0 Å². The highest BCUT2D eigenvalue weighted by Gasteiger charge is 2.13. The molecule has 0 aliphatic heterocycles. The fraction of sp³-hybridized carbons (Fsp3) is 0.0645. The van der Waals surface area contributed by atoms with Gasteiger partial charge in [-0.3, -0.25) is 0 Å². The van der Waals surface area contributed by atoms with Crippen molar-refractivity contribution in [2.45, 2.75) is 13.8 Å². The maximum absolute atomic E-state index is 5.89. The van der Waals surface area contributed by atoms with Crippen LogP contribution in [0.1, 0.15) is 33.4 Å². The summed E-state index contributed by atoms with van der Waals surface area (Å²) in [6.07, 6.45) is 4.39. The molecule has 0 atom stereocenters. The Balaban J connectivity index is 1.91. The van der Waals surface area contributed by atoms with Crippen LogP contribution in [-0.2, 0) is 0 Å². The van der Waals surface area contributed by atoms with Gasteiger partial charge in [-0.15, -0.1) is 0 Å². The minimum absolute atomic E-state index is 0.829. The normalized spacial score (nSPS) is 11.9. The van der Waals surface area contributed by atoms with Crippen LogP contribution in [0.15, 0.2) is 115 Å². The van der Waals surface area contributed by atoms with Crippen molar-refractivity contribution in [1.29, 1.82) is 0 Å². The van der Waals surface area contributed by atoms with Crippen LogP contribution in [0.3, 0.4) is 0 Å². The standard InChI is InChI=1S/C31H26S/c1-23-13-17-27(18-14-23)29(21-25-9-5-3-6-10-25)30(26-11-7-4-8-12-26)22-31(32)28-19-15-24(2)16-20-28/h3-22H,1-2H3/b29-21+,30-22-. The Morgan fingerprint density at radius 3 is 1.56 bits per heavy atom. The molecule has 1 heteroatoms. The van der Waals surface area contributed by atoms with E-state index in [9.17, 15) is 0 Å². The summed E-state index contributed by atoms with van der Waals surface area (Å²) < 4.78 is 0. The van der Waals surface area contributed by atoms with Crippen LogP contribution in [0.4, 0.5) is 0 Å². The number of hydrogen-bond acceptors (Lipinski definition) is 1. The Bertz CT molecular complexity index is 1240. The van der Waals surface area contributed by atoms with Gasteiger partial charge in [0.15, 0.2) is 0 Å². The number of hydrogen-bond donors (Lipinski definition) is 0. The van der Waals surface area contributed by atoms with Gasteiger partial charge in [0.25, 0.3) is 0 Å². The van der Waals surface area contributed by atoms with Gasteiger partial charge in [-0.1, -0.05) is 133 Å². The molecule has 0 spiro atoms. The van der Waals surface area contributed by atoms with Gasteiger partial charge in [0.2, 0.25) is 0 Å². The molecule has 4 aromatic rings. The fourth-order valence-electron chi connectivity index (χ4n) is 3.63. The van der Waals surface area contributed by atoms with Crippen molar-refractivity contribution >= 4 is 34.3 Å². The molecule has 0 N–H and O–H groups in total. The van der Waals surface area contributed by atoms with Crippen molar-refractivity contribution in [3.63, 3.8) is 0 Å². The van der Waals surface area contributed by atoms with E-state index in [0.29, 0.717) is 0 Å². The molecule has 0 amide bonds. The van der Waals surface area contributed by atoms with E-state index in [1.165, 1.54) is 16.7 Å². The molecule has 0 fully saturated rings. The summed E-state index contributed by atoms with van der Waals surface area (Å²) in [4.78, 5) is 0.829. The average molecular weight is 431 g/mol. The molecule has 0 aliphatic carbocycles. The van der Waals surface area contributed by atoms with E-state index < -0.39 is 0 Å². The molecule has 0 aliphatic rings. The monoisotopic (exact) mass is 430 g/mol. The first-order chi connectivity index (χ1) is 15.6. The zero-order valence-corrected chi connectivity index (χ0v) is 19.3. The lowest BCUT2D eigenvalue weighted by molar-refractivity contribution is 1.45. The van der Waals surface area contributed by atoms with Crippen LogP contribution < -0.4 is 0 Å². The van der Waals surface area contributed by atoms with Gasteiger partial charge in [0.05, 0.1) is 0 Å². The molecular weight excluding hydrogens is 404 g/mol. The second-order valence-electron chi connectivity index (χ2n) is 7.99. The first-order valence-corrected chi connectivity index (χ1v) is 11.2. The SMILES string of the molecule is Cc1ccc(C(=S)/C=C(\C(=C\c2ccccc2)c2ccc(C)cc2)c2ccccc2)cc1. The van der Waals surface area contributed by atoms with E-state index in [2.05, 4.69) is 123 Å². The molecule has 0 saturated carbocycles. The molecule has 0 bridgehead atoms. The Morgan fingerprint density at radius 2 is 1.00 bits per heavy atom. The largest absolute Gasteiger partial charge is 0.0794 e. The van der Waals surface area contributed by atoms with Gasteiger partial charge in [0.1, 0.15) is 0 Å². The lowest BCUT2D eigenvalue weighted by Crippen LogP contribution is -1.98. The minimum atomic E-state index is 0.829. The average Bonchev–Trinajstić information content (AvgIpc) is 2.83. The fourth-order valence-corrected chi connectivity index (χ4v) is 3.89. The topological polar surface area (TPSA) is 0 Å². The van der Waals surface area contributed by atoms with Gasteiger partial charge >= 0.3 is 0 Å². The van der Waals surface area contributed by atoms with Gasteiger partial charge in [0, 0.05) is 4.86 Å². The van der Waals surface area contributed by atoms with Crippen LogP contribution in [0, 0.1) is 13.8 Å². The molecular formula is C31H26S. The van der Waals surface area contributed by atoms with Crippen molar-refractivity contribution in [3.05, 3.63) is 149 Å². The molecule has 0 saturated heterocycles. The zero-order valence-electron chi connectivity index (χ0n) is 18.5. The summed E-state index contributed by atoms with van der Waals surface area (Å²) in [6, 6.07) is 38.1. The predicted octanol–water partition coefficient (Wildman–Crippen LogP) is 8.35. The van der Waals surface area contributed by atoms with Crippen LogP contribution in [0.5, 0.6) is 0 Å². The van der Waals surface area contributed by atoms with Crippen molar-refractivity contribution in [2.75, 3.05) is 0 Å². The highest BCUT2D eigenvalue weighted by Crippen LogP contribution is 2.34. The molecule has 156 valence electrons. The van der Waals surface area contributed by atoms with Crippen molar-refractivity contribution in [1.82, 2.24) is 0 Å². The number of rotatable bonds is 6. The van der Waals surface area contributed by atoms with Crippen LogP contribution in [0.2, 0.25) is 0 Å². The summed E-state index contributed by atoms with van der Waals surface area (Å²) in [5, 5.41) is 0. The highest BCUT2D eigenvalue weighted by atomic mass is 32.1. The molecule has 32 heavy (non-hydrogen) atoms. The maximum atomic E-state index is 5.89. The Labute approximate surface area is 196 Å². The van der Waals surface area contributed by atoms with Crippen LogP contribution in [0.25, 0.3) is 17.2 Å². The molecule has 4 rings (SSSR count). The number of benzene rings is 4. The van der Waals surface area contributed by atoms with Gasteiger partial charge in [-0.05, 0) is 59.4 Å². The summed E-state index contributed by atoms with van der Waals surface area (Å²) in [5.74, 6) is 0. The van der Waals surface area contributed by atoms with E-state index in [0.717, 1.165) is 32.7 Å². The third-order valence-corrected chi connectivity index (χ3v) is 5.81. The van der Waals surface area contributed by atoms with Crippen molar-refractivity contribution in [2.24, 2.45) is 0 Å². The second-order valence-corrected chi connectivity index (χ2v) is 8.43. The predicted molar refractivity (Wildman–Crippen MR) is 143 cm³/mol. The third-order valence-electron chi connectivity index (χ3n) is 5.46. The Kier molecular flexibility index (Phi) is 6.89.